The number of likely N-dealkylation sites (N-methyl/N-ethyl adjacent to an activating group) is 1. The number of methoxy groups -OCH3 is 1. The number of carbonyl (C=O) groups is 2. The number of hydrogen-bond acceptors (Lipinski definition) is 6. The summed E-state index contributed by atoms with van der Waals surface area (Å²) in [4.78, 5) is 32.4. The summed E-state index contributed by atoms with van der Waals surface area (Å²) < 4.78 is 4.84. The molecule has 20 heavy (non-hydrogen) atoms. The van der Waals surface area contributed by atoms with Crippen molar-refractivity contribution in [2.24, 2.45) is 0 Å². The lowest BCUT2D eigenvalue weighted by Crippen LogP contribution is -2.37. The number of amides is 1. The van der Waals surface area contributed by atoms with Crippen LogP contribution in [0.3, 0.4) is 0 Å². The molecule has 110 valence electrons. The number of rotatable bonds is 7. The molecule has 0 saturated carbocycles. The zero-order valence-electron chi connectivity index (χ0n) is 11.6. The van der Waals surface area contributed by atoms with E-state index in [1.54, 1.807) is 26.0 Å². The number of ether oxygens (including phenoxy) is 1. The molecule has 0 radical (unpaired) electrons. The van der Waals surface area contributed by atoms with Gasteiger partial charge in [-0.3, -0.25) is 9.59 Å². The van der Waals surface area contributed by atoms with E-state index in [-0.39, 0.29) is 23.2 Å². The van der Waals surface area contributed by atoms with E-state index in [0.29, 0.717) is 31.1 Å². The van der Waals surface area contributed by atoms with Gasteiger partial charge in [0.2, 0.25) is 5.91 Å². The molecule has 1 heterocycles. The maximum Gasteiger partial charge on any atom is 0.239 e. The lowest BCUT2D eigenvalue weighted by Gasteiger charge is -2.19. The summed E-state index contributed by atoms with van der Waals surface area (Å²) in [6.45, 7) is 2.58. The van der Waals surface area contributed by atoms with Gasteiger partial charge in [0, 0.05) is 20.7 Å². The first kappa shape index (κ1) is 16.3. The Balaban J connectivity index is 2.79. The van der Waals surface area contributed by atoms with E-state index in [1.165, 1.54) is 0 Å². The smallest absolute Gasteiger partial charge is 0.239 e. The second-order valence-electron chi connectivity index (χ2n) is 4.12. The molecule has 1 aromatic heterocycles. The van der Waals surface area contributed by atoms with Crippen LogP contribution in [-0.4, -0.2) is 56.0 Å². The molecule has 0 atom stereocenters. The lowest BCUT2D eigenvalue weighted by molar-refractivity contribution is -0.119. The third kappa shape index (κ3) is 4.43. The summed E-state index contributed by atoms with van der Waals surface area (Å²) in [7, 11) is 3.21. The predicted octanol–water partition coefficient (Wildman–Crippen LogP) is 0.450. The zero-order valence-corrected chi connectivity index (χ0v) is 12.4. The maximum absolute atomic E-state index is 11.7. The first-order valence-electron chi connectivity index (χ1n) is 5.95. The van der Waals surface area contributed by atoms with Crippen LogP contribution in [0.1, 0.15) is 16.2 Å². The van der Waals surface area contributed by atoms with Gasteiger partial charge in [-0.05, 0) is 6.92 Å². The SMILES string of the molecule is COCCNC(=O)CN(C)c1nc(C)nc(Cl)c1C=O. The van der Waals surface area contributed by atoms with Crippen LogP contribution in [-0.2, 0) is 9.53 Å². The second-order valence-corrected chi connectivity index (χ2v) is 4.47. The minimum Gasteiger partial charge on any atom is -0.383 e. The number of hydrogen-bond donors (Lipinski definition) is 1. The molecule has 0 bridgehead atoms. The molecule has 1 aromatic rings. The Labute approximate surface area is 122 Å². The number of carbonyl (C=O) groups excluding carboxylic acids is 2. The van der Waals surface area contributed by atoms with Gasteiger partial charge >= 0.3 is 0 Å². The summed E-state index contributed by atoms with van der Waals surface area (Å²) in [6.07, 6.45) is 0.580. The molecule has 0 saturated heterocycles. The first-order valence-corrected chi connectivity index (χ1v) is 6.33. The number of anilines is 1. The zero-order chi connectivity index (χ0) is 15.1. The highest BCUT2D eigenvalue weighted by Gasteiger charge is 2.16. The Hall–Kier alpha value is -1.73. The summed E-state index contributed by atoms with van der Waals surface area (Å²) in [6, 6.07) is 0. The fraction of sp³-hybridized carbons (Fsp3) is 0.500. The van der Waals surface area contributed by atoms with Crippen LogP contribution in [0.15, 0.2) is 0 Å². The Bertz CT molecular complexity index is 496. The number of nitrogens with zero attached hydrogens (tertiary/aromatic N) is 3. The van der Waals surface area contributed by atoms with E-state index >= 15 is 0 Å². The minimum absolute atomic E-state index is 0.0529. The van der Waals surface area contributed by atoms with E-state index in [2.05, 4.69) is 15.3 Å². The lowest BCUT2D eigenvalue weighted by atomic mass is 10.3. The van der Waals surface area contributed by atoms with Gasteiger partial charge in [-0.2, -0.15) is 0 Å². The normalized spacial score (nSPS) is 10.2. The van der Waals surface area contributed by atoms with Gasteiger partial charge in [-0.1, -0.05) is 11.6 Å². The fourth-order valence-corrected chi connectivity index (χ4v) is 1.82. The Morgan fingerprint density at radius 1 is 1.50 bits per heavy atom. The summed E-state index contributed by atoms with van der Waals surface area (Å²) >= 11 is 5.89. The van der Waals surface area contributed by atoms with Gasteiger partial charge in [0.1, 0.15) is 16.8 Å². The summed E-state index contributed by atoms with van der Waals surface area (Å²) in [5.74, 6) is 0.565. The van der Waals surface area contributed by atoms with Gasteiger partial charge in [-0.25, -0.2) is 9.97 Å². The van der Waals surface area contributed by atoms with Crippen LogP contribution in [0.5, 0.6) is 0 Å². The molecule has 0 fully saturated rings. The van der Waals surface area contributed by atoms with E-state index < -0.39 is 0 Å². The molecule has 7 nitrogen and oxygen atoms in total. The van der Waals surface area contributed by atoms with Gasteiger partial charge in [-0.15, -0.1) is 0 Å². The van der Waals surface area contributed by atoms with Crippen molar-refractivity contribution >= 4 is 29.6 Å². The minimum atomic E-state index is -0.200. The number of aryl methyl sites for hydroxylation is 1. The predicted molar refractivity (Wildman–Crippen MR) is 75.3 cm³/mol. The van der Waals surface area contributed by atoms with Crippen molar-refractivity contribution in [3.63, 3.8) is 0 Å². The van der Waals surface area contributed by atoms with E-state index in [1.807, 2.05) is 0 Å². The van der Waals surface area contributed by atoms with Crippen LogP contribution in [0.4, 0.5) is 5.82 Å². The molecule has 1 rings (SSSR count). The summed E-state index contributed by atoms with van der Waals surface area (Å²) in [5.41, 5.74) is 0.171. The average Bonchev–Trinajstić information content (AvgIpc) is 2.38. The van der Waals surface area contributed by atoms with Crippen LogP contribution in [0.2, 0.25) is 5.15 Å². The highest BCUT2D eigenvalue weighted by Crippen LogP contribution is 2.21. The molecule has 0 aliphatic carbocycles. The van der Waals surface area contributed by atoms with Gasteiger partial charge < -0.3 is 15.0 Å². The van der Waals surface area contributed by atoms with Crippen molar-refractivity contribution in [2.75, 3.05) is 38.8 Å². The Kier molecular flexibility index (Phi) is 6.33. The van der Waals surface area contributed by atoms with E-state index in [9.17, 15) is 9.59 Å². The Morgan fingerprint density at radius 3 is 2.80 bits per heavy atom. The van der Waals surface area contributed by atoms with Crippen molar-refractivity contribution < 1.29 is 14.3 Å². The second kappa shape index (κ2) is 7.76. The van der Waals surface area contributed by atoms with Crippen molar-refractivity contribution in [3.05, 3.63) is 16.5 Å². The standard InChI is InChI=1S/C12H17ClN4O3/c1-8-15-11(13)9(7-18)12(16-8)17(2)6-10(19)14-4-5-20-3/h7H,4-6H2,1-3H3,(H,14,19). The summed E-state index contributed by atoms with van der Waals surface area (Å²) in [5, 5.41) is 2.76. The van der Waals surface area contributed by atoms with Crippen molar-refractivity contribution in [3.8, 4) is 0 Å². The molecule has 0 spiro atoms. The van der Waals surface area contributed by atoms with Gasteiger partial charge in [0.05, 0.1) is 18.7 Å². The van der Waals surface area contributed by atoms with E-state index in [4.69, 9.17) is 16.3 Å². The molecule has 8 heteroatoms. The molecule has 0 aliphatic rings. The fourth-order valence-electron chi connectivity index (χ4n) is 1.56. The largest absolute Gasteiger partial charge is 0.383 e. The molecule has 1 amide bonds. The third-order valence-electron chi connectivity index (χ3n) is 2.48. The Morgan fingerprint density at radius 2 is 2.20 bits per heavy atom. The highest BCUT2D eigenvalue weighted by atomic mass is 35.5. The van der Waals surface area contributed by atoms with Crippen molar-refractivity contribution in [2.45, 2.75) is 6.92 Å². The highest BCUT2D eigenvalue weighted by molar-refractivity contribution is 6.32. The average molecular weight is 301 g/mol. The number of halogens is 1. The van der Waals surface area contributed by atoms with Gasteiger partial charge in [0.15, 0.2) is 6.29 Å². The van der Waals surface area contributed by atoms with Crippen LogP contribution < -0.4 is 10.2 Å². The quantitative estimate of drug-likeness (QED) is 0.447. The topological polar surface area (TPSA) is 84.4 Å². The monoisotopic (exact) mass is 300 g/mol. The molecular formula is C12H17ClN4O3. The number of nitrogens with one attached hydrogen (secondary N) is 1. The molecule has 0 aliphatic heterocycles. The van der Waals surface area contributed by atoms with Crippen LogP contribution in [0, 0.1) is 6.92 Å². The first-order chi connectivity index (χ1) is 9.49. The van der Waals surface area contributed by atoms with Gasteiger partial charge in [0.25, 0.3) is 0 Å². The molecular weight excluding hydrogens is 284 g/mol. The van der Waals surface area contributed by atoms with Crippen molar-refractivity contribution in [1.82, 2.24) is 15.3 Å². The van der Waals surface area contributed by atoms with Crippen molar-refractivity contribution in [1.29, 1.82) is 0 Å². The maximum atomic E-state index is 11.7. The number of aromatic nitrogens is 2. The molecule has 1 N–H and O–H groups in total. The van der Waals surface area contributed by atoms with E-state index in [0.717, 1.165) is 0 Å². The number of aldehydes is 1. The molecule has 0 unspecified atom stereocenters. The molecule has 0 aromatic carbocycles. The van der Waals surface area contributed by atoms with Crippen LogP contribution >= 0.6 is 11.6 Å². The van der Waals surface area contributed by atoms with Crippen LogP contribution in [0.25, 0.3) is 0 Å². The third-order valence-corrected chi connectivity index (χ3v) is 2.77.